The first-order valence-electron chi connectivity index (χ1n) is 5.63. The SMILES string of the molecule is N#CC1CN(CC(=O)C2CCOC2)CCO1. The zero-order valence-electron chi connectivity index (χ0n) is 9.22. The number of hydrogen-bond acceptors (Lipinski definition) is 5. The van der Waals surface area contributed by atoms with E-state index in [1.165, 1.54) is 0 Å². The maximum atomic E-state index is 11.9. The first-order chi connectivity index (χ1) is 7.79. The highest BCUT2D eigenvalue weighted by molar-refractivity contribution is 5.83. The van der Waals surface area contributed by atoms with Gasteiger partial charge < -0.3 is 9.47 Å². The smallest absolute Gasteiger partial charge is 0.156 e. The Labute approximate surface area is 94.9 Å². The van der Waals surface area contributed by atoms with Crippen molar-refractivity contribution < 1.29 is 14.3 Å². The van der Waals surface area contributed by atoms with E-state index < -0.39 is 0 Å². The molecule has 5 heteroatoms. The third kappa shape index (κ3) is 2.79. The molecule has 0 aromatic carbocycles. The van der Waals surface area contributed by atoms with Crippen molar-refractivity contribution in [2.24, 2.45) is 5.92 Å². The van der Waals surface area contributed by atoms with E-state index in [2.05, 4.69) is 6.07 Å². The molecule has 2 aliphatic heterocycles. The Kier molecular flexibility index (Phi) is 3.88. The Morgan fingerprint density at radius 1 is 1.50 bits per heavy atom. The molecular weight excluding hydrogens is 208 g/mol. The number of carbonyl (C=O) groups is 1. The summed E-state index contributed by atoms with van der Waals surface area (Å²) >= 11 is 0. The van der Waals surface area contributed by atoms with Crippen LogP contribution in [0.1, 0.15) is 6.42 Å². The molecule has 0 spiro atoms. The molecule has 2 heterocycles. The van der Waals surface area contributed by atoms with Crippen molar-refractivity contribution in [2.45, 2.75) is 12.5 Å². The number of hydrogen-bond donors (Lipinski definition) is 0. The summed E-state index contributed by atoms with van der Waals surface area (Å²) in [5.74, 6) is 0.291. The van der Waals surface area contributed by atoms with E-state index >= 15 is 0 Å². The predicted molar refractivity (Wildman–Crippen MR) is 55.7 cm³/mol. The molecule has 0 amide bonds. The fourth-order valence-electron chi connectivity index (χ4n) is 2.06. The van der Waals surface area contributed by atoms with Crippen molar-refractivity contribution >= 4 is 5.78 Å². The summed E-state index contributed by atoms with van der Waals surface area (Å²) in [5, 5.41) is 8.75. The number of rotatable bonds is 3. The van der Waals surface area contributed by atoms with Crippen LogP contribution in [0.15, 0.2) is 0 Å². The number of Topliss-reactive ketones (excluding diaryl/α,β-unsaturated/α-hetero) is 1. The second-order valence-corrected chi connectivity index (χ2v) is 4.25. The van der Waals surface area contributed by atoms with Gasteiger partial charge in [-0.05, 0) is 6.42 Å². The van der Waals surface area contributed by atoms with Gasteiger partial charge in [-0.3, -0.25) is 9.69 Å². The normalized spacial score (nSPS) is 31.2. The maximum absolute atomic E-state index is 11.9. The second-order valence-electron chi connectivity index (χ2n) is 4.25. The standard InChI is InChI=1S/C11H16N2O3/c12-5-10-6-13(2-4-16-10)7-11(14)9-1-3-15-8-9/h9-10H,1-4,6-8H2. The molecule has 2 saturated heterocycles. The largest absolute Gasteiger partial charge is 0.381 e. The minimum absolute atomic E-state index is 0.0587. The molecule has 0 saturated carbocycles. The summed E-state index contributed by atoms with van der Waals surface area (Å²) in [5.41, 5.74) is 0. The van der Waals surface area contributed by atoms with Crippen LogP contribution in [0, 0.1) is 17.2 Å². The molecule has 2 rings (SSSR count). The molecule has 0 bridgehead atoms. The lowest BCUT2D eigenvalue weighted by atomic mass is 10.0. The quantitative estimate of drug-likeness (QED) is 0.665. The molecule has 16 heavy (non-hydrogen) atoms. The summed E-state index contributed by atoms with van der Waals surface area (Å²) in [6.45, 7) is 3.49. The number of ether oxygens (including phenoxy) is 2. The van der Waals surface area contributed by atoms with Crippen LogP contribution in [0.2, 0.25) is 0 Å². The average Bonchev–Trinajstić information content (AvgIpc) is 2.83. The molecule has 0 radical (unpaired) electrons. The molecule has 0 aromatic rings. The molecule has 2 unspecified atom stereocenters. The van der Waals surface area contributed by atoms with E-state index in [4.69, 9.17) is 14.7 Å². The lowest BCUT2D eigenvalue weighted by molar-refractivity contribution is -0.125. The molecule has 5 nitrogen and oxygen atoms in total. The highest BCUT2D eigenvalue weighted by Gasteiger charge is 2.27. The van der Waals surface area contributed by atoms with Crippen molar-refractivity contribution in [3.8, 4) is 6.07 Å². The number of ketones is 1. The van der Waals surface area contributed by atoms with Crippen LogP contribution in [0.4, 0.5) is 0 Å². The number of nitriles is 1. The van der Waals surface area contributed by atoms with E-state index in [1.54, 1.807) is 0 Å². The van der Waals surface area contributed by atoms with Gasteiger partial charge in [-0.25, -0.2) is 0 Å². The number of morpholine rings is 1. The van der Waals surface area contributed by atoms with Crippen molar-refractivity contribution in [3.63, 3.8) is 0 Å². The van der Waals surface area contributed by atoms with E-state index in [1.807, 2.05) is 4.90 Å². The second kappa shape index (κ2) is 5.39. The zero-order valence-corrected chi connectivity index (χ0v) is 9.22. The van der Waals surface area contributed by atoms with Gasteiger partial charge in [0.1, 0.15) is 0 Å². The van der Waals surface area contributed by atoms with Gasteiger partial charge in [0.15, 0.2) is 11.9 Å². The van der Waals surface area contributed by atoms with E-state index in [0.29, 0.717) is 32.9 Å². The molecule has 2 atom stereocenters. The topological polar surface area (TPSA) is 62.6 Å². The molecule has 0 aromatic heterocycles. The highest BCUT2D eigenvalue weighted by Crippen LogP contribution is 2.14. The average molecular weight is 224 g/mol. The highest BCUT2D eigenvalue weighted by atomic mass is 16.5. The molecular formula is C11H16N2O3. The fraction of sp³-hybridized carbons (Fsp3) is 0.818. The van der Waals surface area contributed by atoms with Crippen LogP contribution in [0.25, 0.3) is 0 Å². The number of nitrogens with zero attached hydrogens (tertiary/aromatic N) is 2. The van der Waals surface area contributed by atoms with Gasteiger partial charge in [-0.1, -0.05) is 0 Å². The predicted octanol–water partition coefficient (Wildman–Crippen LogP) is -0.184. The molecule has 0 N–H and O–H groups in total. The summed E-state index contributed by atoms with van der Waals surface area (Å²) in [4.78, 5) is 13.9. The van der Waals surface area contributed by atoms with Crippen LogP contribution < -0.4 is 0 Å². The van der Waals surface area contributed by atoms with E-state index in [9.17, 15) is 4.79 Å². The molecule has 88 valence electrons. The Morgan fingerprint density at radius 2 is 2.38 bits per heavy atom. The fourth-order valence-corrected chi connectivity index (χ4v) is 2.06. The van der Waals surface area contributed by atoms with Crippen LogP contribution >= 0.6 is 0 Å². The maximum Gasteiger partial charge on any atom is 0.156 e. The summed E-state index contributed by atoms with van der Waals surface area (Å²) in [7, 11) is 0. The molecule has 2 aliphatic rings. The van der Waals surface area contributed by atoms with Crippen molar-refractivity contribution in [3.05, 3.63) is 0 Å². The van der Waals surface area contributed by atoms with Gasteiger partial charge in [0.05, 0.1) is 25.8 Å². The van der Waals surface area contributed by atoms with Crippen LogP contribution in [0.3, 0.4) is 0 Å². The molecule has 2 fully saturated rings. The van der Waals surface area contributed by atoms with Gasteiger partial charge in [0.2, 0.25) is 0 Å². The third-order valence-electron chi connectivity index (χ3n) is 3.06. The first-order valence-corrected chi connectivity index (χ1v) is 5.63. The Balaban J connectivity index is 1.80. The Morgan fingerprint density at radius 3 is 3.06 bits per heavy atom. The van der Waals surface area contributed by atoms with Gasteiger partial charge >= 0.3 is 0 Å². The van der Waals surface area contributed by atoms with Crippen LogP contribution in [0.5, 0.6) is 0 Å². The summed E-state index contributed by atoms with van der Waals surface area (Å²) < 4.78 is 10.4. The minimum Gasteiger partial charge on any atom is -0.381 e. The lowest BCUT2D eigenvalue weighted by Crippen LogP contribution is -2.45. The van der Waals surface area contributed by atoms with Gasteiger partial charge in [-0.2, -0.15) is 5.26 Å². The van der Waals surface area contributed by atoms with Gasteiger partial charge in [0.25, 0.3) is 0 Å². The zero-order chi connectivity index (χ0) is 11.4. The van der Waals surface area contributed by atoms with Crippen LogP contribution in [-0.2, 0) is 14.3 Å². The first kappa shape index (κ1) is 11.5. The monoisotopic (exact) mass is 224 g/mol. The van der Waals surface area contributed by atoms with E-state index in [-0.39, 0.29) is 17.8 Å². The summed E-state index contributed by atoms with van der Waals surface area (Å²) in [6, 6.07) is 2.08. The van der Waals surface area contributed by atoms with Crippen molar-refractivity contribution in [2.75, 3.05) is 39.5 Å². The van der Waals surface area contributed by atoms with Gasteiger partial charge in [0, 0.05) is 25.6 Å². The van der Waals surface area contributed by atoms with Crippen molar-refractivity contribution in [1.82, 2.24) is 4.90 Å². The van der Waals surface area contributed by atoms with Crippen LogP contribution in [-0.4, -0.2) is 56.2 Å². The Bertz CT molecular complexity index is 294. The van der Waals surface area contributed by atoms with Crippen molar-refractivity contribution in [1.29, 1.82) is 5.26 Å². The molecule has 0 aliphatic carbocycles. The summed E-state index contributed by atoms with van der Waals surface area (Å²) in [6.07, 6.45) is 0.451. The minimum atomic E-state index is -0.388. The number of carbonyl (C=O) groups excluding carboxylic acids is 1. The van der Waals surface area contributed by atoms with E-state index in [0.717, 1.165) is 13.0 Å². The van der Waals surface area contributed by atoms with Gasteiger partial charge in [-0.15, -0.1) is 0 Å². The Hall–Kier alpha value is -0.960. The third-order valence-corrected chi connectivity index (χ3v) is 3.06. The lowest BCUT2D eigenvalue weighted by Gasteiger charge is -2.29.